The van der Waals surface area contributed by atoms with Crippen molar-refractivity contribution >= 4 is 17.7 Å². The number of nitrogens with two attached hydrogens (primary N) is 1. The number of anilines is 1. The van der Waals surface area contributed by atoms with E-state index < -0.39 is 0 Å². The van der Waals surface area contributed by atoms with Crippen LogP contribution in [0.2, 0.25) is 0 Å². The third kappa shape index (κ3) is 3.68. The van der Waals surface area contributed by atoms with Crippen molar-refractivity contribution < 1.29 is 5.11 Å². The van der Waals surface area contributed by atoms with Gasteiger partial charge in [0.2, 0.25) is 5.95 Å². The molecule has 92 valence electrons. The zero-order valence-electron chi connectivity index (χ0n) is 9.89. The van der Waals surface area contributed by atoms with E-state index >= 15 is 0 Å². The van der Waals surface area contributed by atoms with E-state index in [4.69, 9.17) is 10.8 Å². The number of aromatic nitrogens is 3. The highest BCUT2D eigenvalue weighted by Gasteiger charge is 2.12. The molecule has 5 nitrogen and oxygen atoms in total. The molecule has 0 saturated carbocycles. The van der Waals surface area contributed by atoms with E-state index in [9.17, 15) is 0 Å². The molecule has 0 aliphatic carbocycles. The van der Waals surface area contributed by atoms with Crippen LogP contribution < -0.4 is 5.73 Å². The Hall–Kier alpha value is -0.750. The molecule has 1 aromatic heterocycles. The largest absolute Gasteiger partial charge is 0.396 e. The van der Waals surface area contributed by atoms with Crippen molar-refractivity contribution in [2.45, 2.75) is 44.3 Å². The summed E-state index contributed by atoms with van der Waals surface area (Å²) in [6.07, 6.45) is 3.00. The predicted molar refractivity (Wildman–Crippen MR) is 66.5 cm³/mol. The normalized spacial score (nSPS) is 11.2. The maximum atomic E-state index is 8.65. The van der Waals surface area contributed by atoms with E-state index in [0.717, 1.165) is 30.2 Å². The first-order chi connectivity index (χ1) is 7.66. The maximum absolute atomic E-state index is 8.65. The molecule has 1 rings (SSSR count). The second-order valence-electron chi connectivity index (χ2n) is 3.94. The molecule has 0 saturated heterocycles. The Bertz CT molecular complexity index is 314. The third-order valence-electron chi connectivity index (χ3n) is 2.24. The Labute approximate surface area is 100 Å². The average molecular weight is 244 g/mol. The minimum atomic E-state index is 0.278. The van der Waals surface area contributed by atoms with Gasteiger partial charge in [0.15, 0.2) is 5.16 Å². The van der Waals surface area contributed by atoms with Crippen molar-refractivity contribution in [3.8, 4) is 0 Å². The van der Waals surface area contributed by atoms with Crippen molar-refractivity contribution in [2.75, 3.05) is 18.1 Å². The summed E-state index contributed by atoms with van der Waals surface area (Å²) in [6.45, 7) is 4.41. The Morgan fingerprint density at radius 1 is 1.31 bits per heavy atom. The molecule has 0 aliphatic rings. The first-order valence-electron chi connectivity index (χ1n) is 5.61. The van der Waals surface area contributed by atoms with Crippen LogP contribution in [-0.2, 0) is 0 Å². The van der Waals surface area contributed by atoms with Crippen LogP contribution in [0.5, 0.6) is 0 Å². The minimum absolute atomic E-state index is 0.278. The number of thioether (sulfide) groups is 1. The van der Waals surface area contributed by atoms with Crippen LogP contribution in [-0.4, -0.2) is 32.2 Å². The fourth-order valence-corrected chi connectivity index (χ4v) is 2.50. The SMILES string of the molecule is CC(C)n1c(N)nnc1SCCCCCO. The molecule has 0 aromatic carbocycles. The highest BCUT2D eigenvalue weighted by Crippen LogP contribution is 2.23. The number of rotatable bonds is 7. The summed E-state index contributed by atoms with van der Waals surface area (Å²) in [5.74, 6) is 1.47. The van der Waals surface area contributed by atoms with Gasteiger partial charge in [0.25, 0.3) is 0 Å². The molecule has 0 atom stereocenters. The summed E-state index contributed by atoms with van der Waals surface area (Å²) < 4.78 is 1.94. The molecule has 1 aromatic rings. The highest BCUT2D eigenvalue weighted by molar-refractivity contribution is 7.99. The van der Waals surface area contributed by atoms with Gasteiger partial charge in [-0.25, -0.2) is 0 Å². The molecule has 0 fully saturated rings. The lowest BCUT2D eigenvalue weighted by atomic mass is 10.3. The Morgan fingerprint density at radius 2 is 2.06 bits per heavy atom. The predicted octanol–water partition coefficient (Wildman–Crippen LogP) is 1.70. The van der Waals surface area contributed by atoms with Crippen molar-refractivity contribution in [3.05, 3.63) is 0 Å². The van der Waals surface area contributed by atoms with Gasteiger partial charge in [-0.2, -0.15) is 0 Å². The lowest BCUT2D eigenvalue weighted by molar-refractivity contribution is 0.284. The van der Waals surface area contributed by atoms with Crippen LogP contribution in [0.1, 0.15) is 39.2 Å². The van der Waals surface area contributed by atoms with E-state index in [1.54, 1.807) is 11.8 Å². The van der Waals surface area contributed by atoms with E-state index in [-0.39, 0.29) is 12.6 Å². The minimum Gasteiger partial charge on any atom is -0.396 e. The van der Waals surface area contributed by atoms with Crippen molar-refractivity contribution in [1.29, 1.82) is 0 Å². The van der Waals surface area contributed by atoms with Gasteiger partial charge >= 0.3 is 0 Å². The van der Waals surface area contributed by atoms with Crippen LogP contribution in [0.3, 0.4) is 0 Å². The lowest BCUT2D eigenvalue weighted by Gasteiger charge is -2.10. The molecule has 0 amide bonds. The summed E-state index contributed by atoms with van der Waals surface area (Å²) in [5.41, 5.74) is 5.74. The third-order valence-corrected chi connectivity index (χ3v) is 3.27. The molecule has 3 N–H and O–H groups in total. The fraction of sp³-hybridized carbons (Fsp3) is 0.800. The van der Waals surface area contributed by atoms with E-state index in [1.165, 1.54) is 0 Å². The molecule has 16 heavy (non-hydrogen) atoms. The maximum Gasteiger partial charge on any atom is 0.222 e. The molecule has 0 spiro atoms. The number of hydrogen-bond acceptors (Lipinski definition) is 5. The molecule has 0 radical (unpaired) electrons. The Morgan fingerprint density at radius 3 is 2.69 bits per heavy atom. The van der Waals surface area contributed by atoms with E-state index in [0.29, 0.717) is 5.95 Å². The molecule has 0 aliphatic heterocycles. The topological polar surface area (TPSA) is 77.0 Å². The summed E-state index contributed by atoms with van der Waals surface area (Å²) >= 11 is 1.67. The first kappa shape index (κ1) is 13.3. The lowest BCUT2D eigenvalue weighted by Crippen LogP contribution is -2.07. The van der Waals surface area contributed by atoms with Gasteiger partial charge in [-0.05, 0) is 26.7 Å². The van der Waals surface area contributed by atoms with E-state index in [1.807, 2.05) is 4.57 Å². The molecule has 1 heterocycles. The molecule has 0 unspecified atom stereocenters. The average Bonchev–Trinajstić information content (AvgIpc) is 2.59. The molecule has 6 heteroatoms. The number of unbranched alkanes of at least 4 members (excludes halogenated alkanes) is 2. The van der Waals surface area contributed by atoms with Gasteiger partial charge in [-0.1, -0.05) is 18.2 Å². The van der Waals surface area contributed by atoms with Crippen LogP contribution in [0.15, 0.2) is 5.16 Å². The second kappa shape index (κ2) is 6.75. The van der Waals surface area contributed by atoms with Crippen molar-refractivity contribution in [2.24, 2.45) is 0 Å². The monoisotopic (exact) mass is 244 g/mol. The first-order valence-corrected chi connectivity index (χ1v) is 6.59. The zero-order valence-corrected chi connectivity index (χ0v) is 10.7. The van der Waals surface area contributed by atoms with Gasteiger partial charge in [-0.3, -0.25) is 4.57 Å². The van der Waals surface area contributed by atoms with Crippen LogP contribution in [0.4, 0.5) is 5.95 Å². The number of hydrogen-bond donors (Lipinski definition) is 2. The molecular weight excluding hydrogens is 224 g/mol. The van der Waals surface area contributed by atoms with Gasteiger partial charge in [-0.15, -0.1) is 10.2 Å². The van der Waals surface area contributed by atoms with Crippen LogP contribution >= 0.6 is 11.8 Å². The Balaban J connectivity index is 2.41. The summed E-state index contributed by atoms with van der Waals surface area (Å²) in [4.78, 5) is 0. The summed E-state index contributed by atoms with van der Waals surface area (Å²) in [7, 11) is 0. The van der Waals surface area contributed by atoms with Crippen molar-refractivity contribution in [1.82, 2.24) is 14.8 Å². The van der Waals surface area contributed by atoms with Gasteiger partial charge < -0.3 is 10.8 Å². The fourth-order valence-electron chi connectivity index (χ4n) is 1.43. The molecular formula is C10H20N4OS. The number of aliphatic hydroxyl groups is 1. The van der Waals surface area contributed by atoms with Crippen LogP contribution in [0, 0.1) is 0 Å². The quantitative estimate of drug-likeness (QED) is 0.564. The zero-order chi connectivity index (χ0) is 12.0. The Kier molecular flexibility index (Phi) is 5.62. The second-order valence-corrected chi connectivity index (χ2v) is 5.00. The standard InChI is InChI=1S/C10H20N4OS/c1-8(2)14-9(11)12-13-10(14)16-7-5-3-4-6-15/h8,15H,3-7H2,1-2H3,(H2,11,12). The van der Waals surface area contributed by atoms with Gasteiger partial charge in [0.1, 0.15) is 0 Å². The smallest absolute Gasteiger partial charge is 0.222 e. The highest BCUT2D eigenvalue weighted by atomic mass is 32.2. The number of aliphatic hydroxyl groups excluding tert-OH is 1. The molecule has 0 bridgehead atoms. The number of nitrogens with zero attached hydrogens (tertiary/aromatic N) is 3. The van der Waals surface area contributed by atoms with Gasteiger partial charge in [0.05, 0.1) is 0 Å². The van der Waals surface area contributed by atoms with E-state index in [2.05, 4.69) is 24.0 Å². The number of nitrogen functional groups attached to an aromatic ring is 1. The summed E-state index contributed by atoms with van der Waals surface area (Å²) in [5, 5.41) is 17.5. The van der Waals surface area contributed by atoms with Crippen LogP contribution in [0.25, 0.3) is 0 Å². The summed E-state index contributed by atoms with van der Waals surface area (Å²) in [6, 6.07) is 0.287. The van der Waals surface area contributed by atoms with Crippen molar-refractivity contribution in [3.63, 3.8) is 0 Å². The van der Waals surface area contributed by atoms with Gasteiger partial charge in [0, 0.05) is 18.4 Å².